The molecule has 0 bridgehead atoms. The van der Waals surface area contributed by atoms with Gasteiger partial charge in [0, 0.05) is 18.8 Å². The fourth-order valence-electron chi connectivity index (χ4n) is 2.33. The Bertz CT molecular complexity index is 628. The Morgan fingerprint density at radius 3 is 2.36 bits per heavy atom. The van der Waals surface area contributed by atoms with Crippen LogP contribution < -0.4 is 4.90 Å². The summed E-state index contributed by atoms with van der Waals surface area (Å²) in [6, 6.07) is 4.80. The van der Waals surface area contributed by atoms with Crippen LogP contribution in [0.25, 0.3) is 0 Å². The Hall–Kier alpha value is -1.28. The van der Waals surface area contributed by atoms with Gasteiger partial charge in [0.25, 0.3) is 9.84 Å². The van der Waals surface area contributed by atoms with Crippen LogP contribution in [0, 0.1) is 0 Å². The first-order chi connectivity index (χ1) is 10.1. The summed E-state index contributed by atoms with van der Waals surface area (Å²) in [4.78, 5) is 1.24. The van der Waals surface area contributed by atoms with Gasteiger partial charge in [-0.25, -0.2) is 8.42 Å². The molecule has 124 valence electrons. The van der Waals surface area contributed by atoms with Crippen molar-refractivity contribution in [2.45, 2.75) is 36.3 Å². The van der Waals surface area contributed by atoms with E-state index in [0.717, 1.165) is 18.6 Å². The highest BCUT2D eigenvalue weighted by Gasteiger charge is 2.46. The SMILES string of the molecule is CCC1(C)CN(c2ccc(S(=O)(=O)C(F)(F)F)cc2)CCO1. The van der Waals surface area contributed by atoms with Gasteiger partial charge in [-0.05, 0) is 37.6 Å². The molecule has 1 aliphatic heterocycles. The van der Waals surface area contributed by atoms with Crippen LogP contribution in [0.3, 0.4) is 0 Å². The standard InChI is InChI=1S/C14H18F3NO3S/c1-3-13(2)10-18(8-9-21-13)11-4-6-12(7-5-11)22(19,20)14(15,16)17/h4-7H,3,8-10H2,1-2H3. The predicted octanol–water partition coefficient (Wildman–Crippen LogP) is 2.99. The molecule has 0 aliphatic carbocycles. The molecule has 1 aliphatic rings. The summed E-state index contributed by atoms with van der Waals surface area (Å²) in [5.41, 5.74) is -4.91. The van der Waals surface area contributed by atoms with Gasteiger partial charge in [0.05, 0.1) is 17.1 Å². The van der Waals surface area contributed by atoms with Crippen molar-refractivity contribution >= 4 is 15.5 Å². The van der Waals surface area contributed by atoms with Gasteiger partial charge in [0.15, 0.2) is 0 Å². The smallest absolute Gasteiger partial charge is 0.372 e. The highest BCUT2D eigenvalue weighted by molar-refractivity contribution is 7.92. The third kappa shape index (κ3) is 3.22. The van der Waals surface area contributed by atoms with Crippen LogP contribution in [0.2, 0.25) is 0 Å². The molecule has 4 nitrogen and oxygen atoms in total. The maximum absolute atomic E-state index is 12.5. The second kappa shape index (κ2) is 5.73. The second-order valence-corrected chi connectivity index (χ2v) is 7.46. The third-order valence-corrected chi connectivity index (χ3v) is 5.40. The summed E-state index contributed by atoms with van der Waals surface area (Å²) in [6.45, 7) is 5.72. The topological polar surface area (TPSA) is 46.6 Å². The number of nitrogens with zero attached hydrogens (tertiary/aromatic N) is 1. The van der Waals surface area contributed by atoms with Crippen molar-refractivity contribution in [2.24, 2.45) is 0 Å². The van der Waals surface area contributed by atoms with E-state index in [1.165, 1.54) is 12.1 Å². The van der Waals surface area contributed by atoms with Crippen molar-refractivity contribution in [1.29, 1.82) is 0 Å². The fourth-order valence-corrected chi connectivity index (χ4v) is 3.10. The summed E-state index contributed by atoms with van der Waals surface area (Å²) in [6.07, 6.45) is 0.810. The quantitative estimate of drug-likeness (QED) is 0.851. The van der Waals surface area contributed by atoms with E-state index in [2.05, 4.69) is 0 Å². The van der Waals surface area contributed by atoms with E-state index in [0.29, 0.717) is 25.4 Å². The first-order valence-corrected chi connectivity index (χ1v) is 8.38. The molecule has 1 fully saturated rings. The molecule has 1 saturated heterocycles. The summed E-state index contributed by atoms with van der Waals surface area (Å²) >= 11 is 0. The number of ether oxygens (including phenoxy) is 1. The number of morpholine rings is 1. The summed E-state index contributed by atoms with van der Waals surface area (Å²) in [5.74, 6) is 0. The molecule has 0 radical (unpaired) electrons. The zero-order chi connectivity index (χ0) is 16.6. The maximum atomic E-state index is 12.5. The molecular formula is C14H18F3NO3S. The van der Waals surface area contributed by atoms with Gasteiger partial charge in [0.1, 0.15) is 0 Å². The molecular weight excluding hydrogens is 319 g/mol. The number of rotatable bonds is 3. The third-order valence-electron chi connectivity index (χ3n) is 3.90. The zero-order valence-corrected chi connectivity index (χ0v) is 13.2. The Morgan fingerprint density at radius 2 is 1.86 bits per heavy atom. The Kier molecular flexibility index (Phi) is 4.45. The summed E-state index contributed by atoms with van der Waals surface area (Å²) < 4.78 is 65.9. The molecule has 1 aromatic carbocycles. The van der Waals surface area contributed by atoms with Crippen LogP contribution in [0.1, 0.15) is 20.3 Å². The van der Waals surface area contributed by atoms with Crippen LogP contribution in [-0.4, -0.2) is 39.2 Å². The average Bonchev–Trinajstić information content (AvgIpc) is 2.46. The molecule has 1 atom stereocenters. The predicted molar refractivity (Wildman–Crippen MR) is 76.5 cm³/mol. The summed E-state index contributed by atoms with van der Waals surface area (Å²) in [7, 11) is -5.29. The van der Waals surface area contributed by atoms with Crippen LogP contribution in [0.15, 0.2) is 29.2 Å². The van der Waals surface area contributed by atoms with Gasteiger partial charge in [-0.3, -0.25) is 0 Å². The number of benzene rings is 1. The monoisotopic (exact) mass is 337 g/mol. The molecule has 1 unspecified atom stereocenters. The van der Waals surface area contributed by atoms with E-state index in [4.69, 9.17) is 4.74 Å². The van der Waals surface area contributed by atoms with E-state index in [1.807, 2.05) is 18.7 Å². The molecule has 0 saturated carbocycles. The van der Waals surface area contributed by atoms with Crippen molar-refractivity contribution in [1.82, 2.24) is 0 Å². The molecule has 22 heavy (non-hydrogen) atoms. The number of hydrogen-bond acceptors (Lipinski definition) is 4. The minimum Gasteiger partial charge on any atom is -0.372 e. The minimum absolute atomic E-state index is 0.311. The Balaban J connectivity index is 2.23. The van der Waals surface area contributed by atoms with Gasteiger partial charge in [-0.1, -0.05) is 6.92 Å². The van der Waals surface area contributed by atoms with Gasteiger partial charge >= 0.3 is 5.51 Å². The molecule has 0 aromatic heterocycles. The Morgan fingerprint density at radius 1 is 1.27 bits per heavy atom. The van der Waals surface area contributed by atoms with Crippen LogP contribution in [0.4, 0.5) is 18.9 Å². The van der Waals surface area contributed by atoms with Crippen molar-refractivity contribution < 1.29 is 26.3 Å². The highest BCUT2D eigenvalue weighted by Crippen LogP contribution is 2.32. The lowest BCUT2D eigenvalue weighted by Gasteiger charge is -2.41. The van der Waals surface area contributed by atoms with E-state index < -0.39 is 20.2 Å². The molecule has 8 heteroatoms. The lowest BCUT2D eigenvalue weighted by atomic mass is 10.0. The van der Waals surface area contributed by atoms with Gasteiger partial charge in [0.2, 0.25) is 0 Å². The van der Waals surface area contributed by atoms with Crippen LogP contribution in [-0.2, 0) is 14.6 Å². The molecule has 1 heterocycles. The van der Waals surface area contributed by atoms with E-state index >= 15 is 0 Å². The summed E-state index contributed by atoms with van der Waals surface area (Å²) in [5, 5.41) is 0. The first kappa shape index (κ1) is 17.1. The number of hydrogen-bond donors (Lipinski definition) is 0. The van der Waals surface area contributed by atoms with Gasteiger partial charge in [-0.2, -0.15) is 13.2 Å². The number of halogens is 3. The fraction of sp³-hybridized carbons (Fsp3) is 0.571. The molecule has 0 amide bonds. The highest BCUT2D eigenvalue weighted by atomic mass is 32.2. The molecule has 0 spiro atoms. The van der Waals surface area contributed by atoms with Gasteiger partial charge in [-0.15, -0.1) is 0 Å². The van der Waals surface area contributed by atoms with Crippen molar-refractivity contribution in [3.8, 4) is 0 Å². The number of alkyl halides is 3. The van der Waals surface area contributed by atoms with Crippen molar-refractivity contribution in [2.75, 3.05) is 24.6 Å². The maximum Gasteiger partial charge on any atom is 0.501 e. The van der Waals surface area contributed by atoms with E-state index in [9.17, 15) is 21.6 Å². The van der Waals surface area contributed by atoms with Crippen molar-refractivity contribution in [3.63, 3.8) is 0 Å². The van der Waals surface area contributed by atoms with Crippen molar-refractivity contribution in [3.05, 3.63) is 24.3 Å². The van der Waals surface area contributed by atoms with Crippen LogP contribution >= 0.6 is 0 Å². The van der Waals surface area contributed by atoms with Gasteiger partial charge < -0.3 is 9.64 Å². The normalized spacial score (nSPS) is 23.6. The zero-order valence-electron chi connectivity index (χ0n) is 12.4. The first-order valence-electron chi connectivity index (χ1n) is 6.89. The lowest BCUT2D eigenvalue weighted by Crippen LogP contribution is -2.49. The largest absolute Gasteiger partial charge is 0.501 e. The number of anilines is 1. The average molecular weight is 337 g/mol. The van der Waals surface area contributed by atoms with Crippen LogP contribution in [0.5, 0.6) is 0 Å². The number of sulfone groups is 1. The second-order valence-electron chi connectivity index (χ2n) is 5.52. The van der Waals surface area contributed by atoms with E-state index in [-0.39, 0.29) is 5.60 Å². The molecule has 2 rings (SSSR count). The molecule has 0 N–H and O–H groups in total. The Labute approximate surface area is 127 Å². The lowest BCUT2D eigenvalue weighted by molar-refractivity contribution is -0.0441. The molecule has 1 aromatic rings. The van der Waals surface area contributed by atoms with E-state index in [1.54, 1.807) is 0 Å². The minimum atomic E-state index is -5.29.